The van der Waals surface area contributed by atoms with E-state index in [1.165, 1.54) is 5.69 Å². The fourth-order valence-electron chi connectivity index (χ4n) is 4.86. The molecule has 0 radical (unpaired) electrons. The second-order valence-corrected chi connectivity index (χ2v) is 9.46. The number of aromatic nitrogens is 4. The van der Waals surface area contributed by atoms with Gasteiger partial charge in [-0.05, 0) is 48.5 Å². The molecule has 1 amide bonds. The lowest BCUT2D eigenvalue weighted by atomic mass is 10.2. The van der Waals surface area contributed by atoms with Crippen LogP contribution in [-0.4, -0.2) is 83.5 Å². The van der Waals surface area contributed by atoms with Crippen LogP contribution in [0, 0.1) is 0 Å². The van der Waals surface area contributed by atoms with Crippen LogP contribution in [0.25, 0.3) is 11.0 Å². The molecule has 6 rings (SSSR count). The minimum Gasteiger partial charge on any atom is -0.378 e. The topological polar surface area (TPSA) is 115 Å². The zero-order valence-electron chi connectivity index (χ0n) is 21.4. The molecule has 2 fully saturated rings. The van der Waals surface area contributed by atoms with Crippen LogP contribution in [0.15, 0.2) is 54.7 Å². The zero-order chi connectivity index (χ0) is 25.9. The first kappa shape index (κ1) is 24.0. The first-order valence-corrected chi connectivity index (χ1v) is 12.9. The summed E-state index contributed by atoms with van der Waals surface area (Å²) in [5, 5.41) is 14.7. The Bertz CT molecular complexity index is 1390. The largest absolute Gasteiger partial charge is 0.378 e. The Morgan fingerprint density at radius 1 is 0.816 bits per heavy atom. The summed E-state index contributed by atoms with van der Waals surface area (Å²) >= 11 is 0. The van der Waals surface area contributed by atoms with Crippen LogP contribution in [0.5, 0.6) is 0 Å². The summed E-state index contributed by atoms with van der Waals surface area (Å²) in [7, 11) is 0. The van der Waals surface area contributed by atoms with E-state index in [-0.39, 0.29) is 5.91 Å². The molecule has 196 valence electrons. The molecule has 0 unspecified atom stereocenters. The summed E-state index contributed by atoms with van der Waals surface area (Å²) in [6.45, 7) is 8.11. The summed E-state index contributed by atoms with van der Waals surface area (Å²) in [6.07, 6.45) is 1.72. The van der Waals surface area contributed by atoms with E-state index in [9.17, 15) is 4.79 Å². The van der Waals surface area contributed by atoms with E-state index >= 15 is 0 Å². The lowest BCUT2D eigenvalue weighted by Gasteiger charge is -2.35. The fraction of sp³-hybridized carbons (Fsp3) is 0.333. The first-order valence-electron chi connectivity index (χ1n) is 12.9. The van der Waals surface area contributed by atoms with E-state index in [0.29, 0.717) is 17.4 Å². The number of fused-ring (bicyclic) bond motifs is 1. The summed E-state index contributed by atoms with van der Waals surface area (Å²) < 4.78 is 5.45. The van der Waals surface area contributed by atoms with Crippen molar-refractivity contribution < 1.29 is 9.53 Å². The quantitative estimate of drug-likeness (QED) is 0.357. The molecule has 2 aromatic heterocycles. The molecule has 0 spiro atoms. The highest BCUT2D eigenvalue weighted by Crippen LogP contribution is 2.27. The molecule has 3 N–H and O–H groups in total. The van der Waals surface area contributed by atoms with Gasteiger partial charge in [-0.25, -0.2) is 0 Å². The van der Waals surface area contributed by atoms with Gasteiger partial charge in [-0.2, -0.15) is 15.1 Å². The highest BCUT2D eigenvalue weighted by atomic mass is 16.5. The van der Waals surface area contributed by atoms with Crippen LogP contribution in [0.1, 0.15) is 6.92 Å². The van der Waals surface area contributed by atoms with E-state index in [1.807, 2.05) is 29.2 Å². The maximum Gasteiger partial charge on any atom is 0.231 e. The predicted octanol–water partition coefficient (Wildman–Crippen LogP) is 3.35. The molecule has 11 heteroatoms. The molecule has 4 heterocycles. The number of carbonyl (C=O) groups is 1. The van der Waals surface area contributed by atoms with Crippen molar-refractivity contribution in [2.24, 2.45) is 0 Å². The van der Waals surface area contributed by atoms with Crippen molar-refractivity contribution in [3.8, 4) is 0 Å². The molecule has 2 aromatic carbocycles. The molecule has 0 atom stereocenters. The number of nitrogens with zero attached hydrogens (tertiary/aromatic N) is 6. The maximum absolute atomic E-state index is 11.6. The van der Waals surface area contributed by atoms with Gasteiger partial charge in [-0.1, -0.05) is 0 Å². The number of hydrogen-bond acceptors (Lipinski definition) is 9. The third kappa shape index (κ3) is 5.18. The Kier molecular flexibility index (Phi) is 6.65. The van der Waals surface area contributed by atoms with Crippen molar-refractivity contribution in [2.45, 2.75) is 6.92 Å². The number of anilines is 6. The molecule has 0 saturated carbocycles. The van der Waals surface area contributed by atoms with E-state index in [1.54, 1.807) is 13.1 Å². The van der Waals surface area contributed by atoms with Crippen molar-refractivity contribution in [3.05, 3.63) is 54.7 Å². The number of carbonyl (C=O) groups excluding carboxylic acids is 1. The lowest BCUT2D eigenvalue weighted by Crippen LogP contribution is -2.48. The number of hydrogen-bond donors (Lipinski definition) is 3. The Balaban J connectivity index is 1.15. The molecule has 11 nitrogen and oxygen atoms in total. The van der Waals surface area contributed by atoms with Crippen LogP contribution in [0.3, 0.4) is 0 Å². The SMILES string of the molecule is CC(=O)N1CCN(c2ccc(Nc3nc(Nc4ccc(N5CCOCC5)cc4)nc4[nH]ncc34)cc2)CC1. The molecule has 2 saturated heterocycles. The van der Waals surface area contributed by atoms with Crippen LogP contribution in [-0.2, 0) is 9.53 Å². The Morgan fingerprint density at radius 2 is 1.42 bits per heavy atom. The smallest absolute Gasteiger partial charge is 0.231 e. The summed E-state index contributed by atoms with van der Waals surface area (Å²) in [5.41, 5.74) is 4.78. The number of ether oxygens (including phenoxy) is 1. The van der Waals surface area contributed by atoms with Crippen molar-refractivity contribution >= 4 is 51.5 Å². The monoisotopic (exact) mass is 513 g/mol. The van der Waals surface area contributed by atoms with Gasteiger partial charge >= 0.3 is 0 Å². The number of aromatic amines is 1. The number of piperazine rings is 1. The molecular weight excluding hydrogens is 482 g/mol. The van der Waals surface area contributed by atoms with Crippen LogP contribution < -0.4 is 20.4 Å². The van der Waals surface area contributed by atoms with E-state index in [0.717, 1.165) is 74.9 Å². The minimum absolute atomic E-state index is 0.137. The average molecular weight is 514 g/mol. The van der Waals surface area contributed by atoms with E-state index < -0.39 is 0 Å². The van der Waals surface area contributed by atoms with E-state index in [2.05, 4.69) is 59.9 Å². The van der Waals surface area contributed by atoms with Crippen molar-refractivity contribution in [3.63, 3.8) is 0 Å². The van der Waals surface area contributed by atoms with E-state index in [4.69, 9.17) is 9.72 Å². The predicted molar refractivity (Wildman–Crippen MR) is 149 cm³/mol. The fourth-order valence-corrected chi connectivity index (χ4v) is 4.86. The second kappa shape index (κ2) is 10.5. The zero-order valence-corrected chi connectivity index (χ0v) is 21.4. The van der Waals surface area contributed by atoms with Gasteiger partial charge in [0.2, 0.25) is 11.9 Å². The van der Waals surface area contributed by atoms with Crippen LogP contribution in [0.4, 0.5) is 34.5 Å². The minimum atomic E-state index is 0.137. The number of rotatable bonds is 6. The number of morpholine rings is 1. The standard InChI is InChI=1S/C27H31N9O2/c1-19(37)34-10-12-35(13-11-34)22-6-2-20(3-7-22)29-25-24-18-28-33-26(24)32-27(31-25)30-21-4-8-23(9-5-21)36-14-16-38-17-15-36/h2-9,18H,10-17H2,1H3,(H3,28,29,30,31,32,33). The molecule has 4 aromatic rings. The number of amides is 1. The van der Waals surface area contributed by atoms with Gasteiger partial charge < -0.3 is 30.1 Å². The number of nitrogens with one attached hydrogen (secondary N) is 3. The van der Waals surface area contributed by atoms with Crippen LogP contribution >= 0.6 is 0 Å². The summed E-state index contributed by atoms with van der Waals surface area (Å²) in [5.74, 6) is 1.28. The Hall–Kier alpha value is -4.38. The van der Waals surface area contributed by atoms with Gasteiger partial charge in [0.05, 0.1) is 24.8 Å². The third-order valence-electron chi connectivity index (χ3n) is 7.03. The average Bonchev–Trinajstić information content (AvgIpc) is 3.44. The van der Waals surface area contributed by atoms with Crippen molar-refractivity contribution in [2.75, 3.05) is 72.9 Å². The van der Waals surface area contributed by atoms with Gasteiger partial charge in [0.1, 0.15) is 5.82 Å². The van der Waals surface area contributed by atoms with Gasteiger partial charge in [-0.15, -0.1) is 0 Å². The van der Waals surface area contributed by atoms with Crippen LogP contribution in [0.2, 0.25) is 0 Å². The normalized spacial score (nSPS) is 16.1. The molecule has 2 aliphatic heterocycles. The summed E-state index contributed by atoms with van der Waals surface area (Å²) in [4.78, 5) is 27.5. The van der Waals surface area contributed by atoms with Gasteiger partial charge in [0.15, 0.2) is 5.65 Å². The highest BCUT2D eigenvalue weighted by molar-refractivity contribution is 5.89. The molecule has 2 aliphatic rings. The molecule has 0 bridgehead atoms. The van der Waals surface area contributed by atoms with Gasteiger partial charge in [0, 0.05) is 68.9 Å². The van der Waals surface area contributed by atoms with Gasteiger partial charge in [0.25, 0.3) is 0 Å². The number of benzene rings is 2. The molecule has 38 heavy (non-hydrogen) atoms. The summed E-state index contributed by atoms with van der Waals surface area (Å²) in [6, 6.07) is 16.5. The van der Waals surface area contributed by atoms with Crippen molar-refractivity contribution in [1.29, 1.82) is 0 Å². The Morgan fingerprint density at radius 3 is 2.05 bits per heavy atom. The molecule has 0 aliphatic carbocycles. The number of H-pyrrole nitrogens is 1. The Labute approximate surface area is 220 Å². The highest BCUT2D eigenvalue weighted by Gasteiger charge is 2.19. The first-order chi connectivity index (χ1) is 18.6. The maximum atomic E-state index is 11.6. The molecular formula is C27H31N9O2. The second-order valence-electron chi connectivity index (χ2n) is 9.46. The van der Waals surface area contributed by atoms with Gasteiger partial charge in [-0.3, -0.25) is 9.89 Å². The third-order valence-corrected chi connectivity index (χ3v) is 7.03. The van der Waals surface area contributed by atoms with Crippen molar-refractivity contribution in [1.82, 2.24) is 25.1 Å². The lowest BCUT2D eigenvalue weighted by molar-refractivity contribution is -0.129.